The molecule has 9 heteroatoms. The summed E-state index contributed by atoms with van der Waals surface area (Å²) in [7, 11) is 1.46. The summed E-state index contributed by atoms with van der Waals surface area (Å²) in [5, 5.41) is 2.64. The van der Waals surface area contributed by atoms with Gasteiger partial charge in [-0.3, -0.25) is 19.3 Å². The third-order valence-electron chi connectivity index (χ3n) is 3.26. The highest BCUT2D eigenvalue weighted by Gasteiger charge is 2.35. The molecule has 0 spiro atoms. The number of hydrogen-bond acceptors (Lipinski definition) is 6. The zero-order chi connectivity index (χ0) is 17.7. The first-order valence-electron chi connectivity index (χ1n) is 7.06. The van der Waals surface area contributed by atoms with E-state index in [1.54, 1.807) is 12.1 Å². The third-order valence-corrected chi connectivity index (χ3v) is 4.06. The number of esters is 1. The zero-order valence-corrected chi connectivity index (χ0v) is 14.1. The number of hydrogen-bond donors (Lipinski definition) is 1. The molecule has 128 valence electrons. The molecule has 1 heterocycles. The molecule has 0 saturated carbocycles. The Labute approximate surface area is 143 Å². The first-order valence-corrected chi connectivity index (χ1v) is 8.28. The van der Waals surface area contributed by atoms with Crippen LogP contribution in [0.2, 0.25) is 0 Å². The van der Waals surface area contributed by atoms with Crippen molar-refractivity contribution in [3.8, 4) is 0 Å². The van der Waals surface area contributed by atoms with E-state index in [1.165, 1.54) is 23.7 Å². The number of carbonyl (C=O) groups is 4. The van der Waals surface area contributed by atoms with Gasteiger partial charge in [0.2, 0.25) is 0 Å². The molecule has 0 bridgehead atoms. The summed E-state index contributed by atoms with van der Waals surface area (Å²) in [6, 6.07) is 6.66. The second kappa shape index (κ2) is 7.82. The number of carbonyl (C=O) groups excluding carboxylic acids is 4. The second-order valence-electron chi connectivity index (χ2n) is 5.03. The summed E-state index contributed by atoms with van der Waals surface area (Å²) in [6.45, 7) is -1.07. The Hall–Kier alpha value is -2.55. The van der Waals surface area contributed by atoms with Gasteiger partial charge in [0.25, 0.3) is 11.8 Å². The molecule has 4 amide bonds. The summed E-state index contributed by atoms with van der Waals surface area (Å²) < 4.78 is 4.82. The fourth-order valence-corrected chi connectivity index (χ4v) is 2.63. The highest BCUT2D eigenvalue weighted by molar-refractivity contribution is 7.98. The number of urea groups is 1. The van der Waals surface area contributed by atoms with E-state index in [2.05, 4.69) is 5.32 Å². The van der Waals surface area contributed by atoms with E-state index in [0.29, 0.717) is 5.69 Å². The van der Waals surface area contributed by atoms with Crippen LogP contribution < -0.4 is 5.32 Å². The normalized spacial score (nSPS) is 14.1. The maximum absolute atomic E-state index is 11.8. The second-order valence-corrected chi connectivity index (χ2v) is 5.88. The van der Waals surface area contributed by atoms with E-state index < -0.39 is 37.0 Å². The van der Waals surface area contributed by atoms with Gasteiger partial charge in [-0.15, -0.1) is 11.8 Å². The van der Waals surface area contributed by atoms with Crippen molar-refractivity contribution in [2.75, 3.05) is 38.3 Å². The number of nitrogens with one attached hydrogen (secondary N) is 1. The van der Waals surface area contributed by atoms with Gasteiger partial charge in [-0.1, -0.05) is 12.1 Å². The van der Waals surface area contributed by atoms with Gasteiger partial charge in [0.15, 0.2) is 6.61 Å². The van der Waals surface area contributed by atoms with E-state index in [0.717, 1.165) is 9.80 Å². The van der Waals surface area contributed by atoms with Gasteiger partial charge in [0.1, 0.15) is 13.1 Å². The van der Waals surface area contributed by atoms with Crippen LogP contribution in [0, 0.1) is 0 Å². The minimum Gasteiger partial charge on any atom is -0.454 e. The van der Waals surface area contributed by atoms with Crippen molar-refractivity contribution < 1.29 is 23.9 Å². The Balaban J connectivity index is 1.82. The monoisotopic (exact) mass is 351 g/mol. The Morgan fingerprint density at radius 2 is 2.00 bits per heavy atom. The number of likely N-dealkylation sites (N-methyl/N-ethyl adjacent to an activating group) is 1. The number of anilines is 1. The smallest absolute Gasteiger partial charge is 0.327 e. The zero-order valence-electron chi connectivity index (χ0n) is 13.3. The summed E-state index contributed by atoms with van der Waals surface area (Å²) >= 11 is 1.47. The van der Waals surface area contributed by atoms with Gasteiger partial charge in [-0.05, 0) is 18.4 Å². The number of ether oxygens (including phenoxy) is 1. The van der Waals surface area contributed by atoms with Gasteiger partial charge in [0.05, 0.1) is 5.69 Å². The highest BCUT2D eigenvalue weighted by Crippen LogP contribution is 2.24. The van der Waals surface area contributed by atoms with E-state index >= 15 is 0 Å². The van der Waals surface area contributed by atoms with E-state index in [1.807, 2.05) is 18.4 Å². The quantitative estimate of drug-likeness (QED) is 0.462. The van der Waals surface area contributed by atoms with Crippen molar-refractivity contribution in [3.05, 3.63) is 24.3 Å². The van der Waals surface area contributed by atoms with Crippen molar-refractivity contribution in [2.45, 2.75) is 4.90 Å². The number of nitrogens with zero attached hydrogens (tertiary/aromatic N) is 2. The molecule has 1 N–H and O–H groups in total. The van der Waals surface area contributed by atoms with E-state index in [4.69, 9.17) is 4.74 Å². The standard InChI is InChI=1S/C15H17N3O5S/c1-17-7-13(20)18(15(17)22)8-14(21)23-9-12(19)16-10-5-3-4-6-11(10)24-2/h3-6H,7-9H2,1-2H3,(H,16,19). The fraction of sp³-hybridized carbons (Fsp3) is 0.333. The minimum absolute atomic E-state index is 0.0714. The molecule has 8 nitrogen and oxygen atoms in total. The average molecular weight is 351 g/mol. The number of thioether (sulfide) groups is 1. The van der Waals surface area contributed by atoms with Crippen LogP contribution in [0.25, 0.3) is 0 Å². The van der Waals surface area contributed by atoms with Crippen molar-refractivity contribution in [2.24, 2.45) is 0 Å². The van der Waals surface area contributed by atoms with Gasteiger partial charge in [-0.2, -0.15) is 0 Å². The molecule has 1 aromatic carbocycles. The van der Waals surface area contributed by atoms with Gasteiger partial charge < -0.3 is 15.0 Å². The van der Waals surface area contributed by atoms with Crippen molar-refractivity contribution in [3.63, 3.8) is 0 Å². The average Bonchev–Trinajstić information content (AvgIpc) is 2.80. The summed E-state index contributed by atoms with van der Waals surface area (Å²) in [5.41, 5.74) is 0.623. The Morgan fingerprint density at radius 3 is 2.62 bits per heavy atom. The molecule has 0 aromatic heterocycles. The van der Waals surface area contributed by atoms with Crippen LogP contribution in [0.4, 0.5) is 10.5 Å². The maximum Gasteiger partial charge on any atom is 0.327 e. The minimum atomic E-state index is -0.819. The molecule has 1 aliphatic rings. The molecule has 1 aromatic rings. The highest BCUT2D eigenvalue weighted by atomic mass is 32.2. The van der Waals surface area contributed by atoms with Crippen LogP contribution >= 0.6 is 11.8 Å². The third kappa shape index (κ3) is 4.25. The lowest BCUT2D eigenvalue weighted by Gasteiger charge is -2.13. The van der Waals surface area contributed by atoms with E-state index in [9.17, 15) is 19.2 Å². The molecule has 0 atom stereocenters. The van der Waals surface area contributed by atoms with Gasteiger partial charge in [0, 0.05) is 11.9 Å². The largest absolute Gasteiger partial charge is 0.454 e. The van der Waals surface area contributed by atoms with Crippen molar-refractivity contribution >= 4 is 41.3 Å². The summed E-state index contributed by atoms with van der Waals surface area (Å²) in [6.07, 6.45) is 1.88. The molecular formula is C15H17N3O5S. The number of imide groups is 1. The van der Waals surface area contributed by atoms with Crippen LogP contribution in [-0.2, 0) is 19.1 Å². The lowest BCUT2D eigenvalue weighted by Crippen LogP contribution is -2.37. The lowest BCUT2D eigenvalue weighted by molar-refractivity contribution is -0.149. The van der Waals surface area contributed by atoms with Crippen LogP contribution in [0.15, 0.2) is 29.2 Å². The van der Waals surface area contributed by atoms with Gasteiger partial charge >= 0.3 is 12.0 Å². The van der Waals surface area contributed by atoms with Crippen molar-refractivity contribution in [1.82, 2.24) is 9.80 Å². The summed E-state index contributed by atoms with van der Waals surface area (Å²) in [4.78, 5) is 49.6. The predicted octanol–water partition coefficient (Wildman–Crippen LogP) is 0.784. The number of rotatable bonds is 6. The van der Waals surface area contributed by atoms with E-state index in [-0.39, 0.29) is 6.54 Å². The van der Waals surface area contributed by atoms with Crippen LogP contribution in [0.5, 0.6) is 0 Å². The topological polar surface area (TPSA) is 96.0 Å². The van der Waals surface area contributed by atoms with Crippen LogP contribution in [0.1, 0.15) is 0 Å². The SMILES string of the molecule is CSc1ccccc1NC(=O)COC(=O)CN1C(=O)CN(C)C1=O. The number of amides is 4. The van der Waals surface area contributed by atoms with Crippen LogP contribution in [0.3, 0.4) is 0 Å². The fourth-order valence-electron chi connectivity index (χ4n) is 2.08. The molecule has 1 saturated heterocycles. The Morgan fingerprint density at radius 1 is 1.29 bits per heavy atom. The summed E-state index contributed by atoms with van der Waals surface area (Å²) in [5.74, 6) is -1.79. The Bertz CT molecular complexity index is 679. The molecule has 1 fully saturated rings. The predicted molar refractivity (Wildman–Crippen MR) is 87.6 cm³/mol. The molecular weight excluding hydrogens is 334 g/mol. The van der Waals surface area contributed by atoms with Gasteiger partial charge in [-0.25, -0.2) is 4.79 Å². The lowest BCUT2D eigenvalue weighted by atomic mass is 10.3. The van der Waals surface area contributed by atoms with Crippen molar-refractivity contribution in [1.29, 1.82) is 0 Å². The molecule has 2 rings (SSSR count). The molecule has 0 radical (unpaired) electrons. The molecule has 24 heavy (non-hydrogen) atoms. The Kier molecular flexibility index (Phi) is 5.80. The first-order chi connectivity index (χ1) is 11.4. The maximum atomic E-state index is 11.8. The number of para-hydroxylation sites is 1. The first kappa shape index (κ1) is 17.8. The van der Waals surface area contributed by atoms with Crippen LogP contribution in [-0.4, -0.2) is 66.6 Å². The molecule has 1 aliphatic heterocycles. The molecule has 0 aliphatic carbocycles. The molecule has 0 unspecified atom stereocenters. The number of benzene rings is 1.